The summed E-state index contributed by atoms with van der Waals surface area (Å²) in [6.07, 6.45) is -0.300. The summed E-state index contributed by atoms with van der Waals surface area (Å²) in [5.74, 6) is 0. The van der Waals surface area contributed by atoms with Crippen LogP contribution in [0.5, 0.6) is 0 Å². The second kappa shape index (κ2) is 10.7. The first-order valence-electron chi connectivity index (χ1n) is 7.94. The van der Waals surface area contributed by atoms with Gasteiger partial charge in [0.25, 0.3) is 0 Å². The Bertz CT molecular complexity index is 534. The van der Waals surface area contributed by atoms with E-state index in [-0.39, 0.29) is 13.2 Å². The van der Waals surface area contributed by atoms with Crippen molar-refractivity contribution in [2.24, 2.45) is 0 Å². The Kier molecular flexibility index (Phi) is 8.15. The molecule has 0 saturated carbocycles. The number of alkyl halides is 2. The molecule has 0 aliphatic rings. The third-order valence-corrected chi connectivity index (χ3v) is 3.31. The van der Waals surface area contributed by atoms with E-state index in [4.69, 9.17) is 9.47 Å². The van der Waals surface area contributed by atoms with Gasteiger partial charge in [0.1, 0.15) is 12.3 Å². The molecule has 0 saturated heterocycles. The highest BCUT2D eigenvalue weighted by molar-refractivity contribution is 5.14. The van der Waals surface area contributed by atoms with Gasteiger partial charge in [-0.25, -0.2) is 8.78 Å². The third kappa shape index (κ3) is 7.49. The molecule has 4 heteroatoms. The number of benzene rings is 2. The van der Waals surface area contributed by atoms with Crippen molar-refractivity contribution in [1.29, 1.82) is 0 Å². The van der Waals surface area contributed by atoms with Gasteiger partial charge in [-0.15, -0.1) is 0 Å². The smallest absolute Gasteiger partial charge is 0.142 e. The van der Waals surface area contributed by atoms with E-state index in [2.05, 4.69) is 0 Å². The van der Waals surface area contributed by atoms with Crippen LogP contribution in [0.15, 0.2) is 72.8 Å². The monoisotopic (exact) mass is 332 g/mol. The highest BCUT2D eigenvalue weighted by Gasteiger charge is 2.06. The molecular formula is C20H22F2O2. The first kappa shape index (κ1) is 18.3. The number of hydrogen-bond donors (Lipinski definition) is 0. The van der Waals surface area contributed by atoms with Gasteiger partial charge in [-0.1, -0.05) is 60.7 Å². The van der Waals surface area contributed by atoms with Gasteiger partial charge in [-0.05, 0) is 23.3 Å². The van der Waals surface area contributed by atoms with Gasteiger partial charge in [0.2, 0.25) is 0 Å². The molecule has 0 unspecified atom stereocenters. The number of hydrogen-bond acceptors (Lipinski definition) is 2. The Labute approximate surface area is 141 Å². The van der Waals surface area contributed by atoms with Gasteiger partial charge in [0, 0.05) is 0 Å². The van der Waals surface area contributed by atoms with Crippen LogP contribution in [-0.2, 0) is 22.7 Å². The lowest BCUT2D eigenvalue weighted by atomic mass is 10.2. The summed E-state index contributed by atoms with van der Waals surface area (Å²) >= 11 is 0. The molecule has 0 bridgehead atoms. The summed E-state index contributed by atoms with van der Waals surface area (Å²) in [6.45, 7) is 0.495. The first-order valence-corrected chi connectivity index (χ1v) is 7.94. The molecule has 0 radical (unpaired) electrons. The molecular weight excluding hydrogens is 310 g/mol. The number of halogens is 2. The van der Waals surface area contributed by atoms with Gasteiger partial charge >= 0.3 is 0 Å². The molecule has 2 atom stereocenters. The Morgan fingerprint density at radius 2 is 1.04 bits per heavy atom. The van der Waals surface area contributed by atoms with E-state index in [1.54, 1.807) is 0 Å². The van der Waals surface area contributed by atoms with Crippen LogP contribution >= 0.6 is 0 Å². The van der Waals surface area contributed by atoms with Gasteiger partial charge in [-0.2, -0.15) is 0 Å². The normalized spacial score (nSPS) is 13.9. The van der Waals surface area contributed by atoms with Gasteiger partial charge in [0.05, 0.1) is 26.4 Å². The van der Waals surface area contributed by atoms with Crippen LogP contribution < -0.4 is 0 Å². The van der Waals surface area contributed by atoms with Gasteiger partial charge in [0.15, 0.2) is 0 Å². The van der Waals surface area contributed by atoms with E-state index < -0.39 is 12.3 Å². The molecule has 2 rings (SSSR count). The van der Waals surface area contributed by atoms with Crippen molar-refractivity contribution < 1.29 is 18.3 Å². The van der Waals surface area contributed by atoms with Crippen molar-refractivity contribution in [3.8, 4) is 0 Å². The SMILES string of the molecule is F[C@@H](C=C[C@H](F)COCc1ccccc1)COCc1ccccc1. The first-order chi connectivity index (χ1) is 11.7. The molecule has 128 valence electrons. The lowest BCUT2D eigenvalue weighted by Crippen LogP contribution is -2.11. The average Bonchev–Trinajstić information content (AvgIpc) is 2.62. The van der Waals surface area contributed by atoms with Crippen molar-refractivity contribution in [3.05, 3.63) is 83.9 Å². The standard InChI is InChI=1S/C20H22F2O2/c21-19(15-23-13-17-7-3-1-4-8-17)11-12-20(22)16-24-14-18-9-5-2-6-10-18/h1-12,19-20H,13-16H2/t19-,20-/m0/s1. The average molecular weight is 332 g/mol. The molecule has 24 heavy (non-hydrogen) atoms. The number of rotatable bonds is 10. The fourth-order valence-electron chi connectivity index (χ4n) is 2.08. The highest BCUT2D eigenvalue weighted by atomic mass is 19.1. The van der Waals surface area contributed by atoms with Crippen LogP contribution in [0, 0.1) is 0 Å². The van der Waals surface area contributed by atoms with Crippen molar-refractivity contribution >= 4 is 0 Å². The van der Waals surface area contributed by atoms with Crippen molar-refractivity contribution in [3.63, 3.8) is 0 Å². The third-order valence-electron chi connectivity index (χ3n) is 3.31. The Morgan fingerprint density at radius 3 is 1.42 bits per heavy atom. The molecule has 0 aromatic heterocycles. The van der Waals surface area contributed by atoms with Crippen molar-refractivity contribution in [2.75, 3.05) is 13.2 Å². The molecule has 0 fully saturated rings. The minimum Gasteiger partial charge on any atom is -0.373 e. The van der Waals surface area contributed by atoms with Crippen LogP contribution in [0.4, 0.5) is 8.78 Å². The van der Waals surface area contributed by atoms with E-state index in [1.165, 1.54) is 12.2 Å². The molecule has 0 heterocycles. The molecule has 0 aliphatic carbocycles. The highest BCUT2D eigenvalue weighted by Crippen LogP contribution is 2.06. The Morgan fingerprint density at radius 1 is 0.667 bits per heavy atom. The minimum absolute atomic E-state index is 0.0943. The molecule has 2 aromatic rings. The van der Waals surface area contributed by atoms with E-state index in [1.807, 2.05) is 60.7 Å². The lowest BCUT2D eigenvalue weighted by Gasteiger charge is -2.08. The maximum Gasteiger partial charge on any atom is 0.142 e. The van der Waals surface area contributed by atoms with Crippen molar-refractivity contribution in [2.45, 2.75) is 25.6 Å². The second-order valence-corrected chi connectivity index (χ2v) is 5.42. The topological polar surface area (TPSA) is 18.5 Å². The zero-order valence-corrected chi connectivity index (χ0v) is 13.5. The van der Waals surface area contributed by atoms with E-state index in [0.717, 1.165) is 11.1 Å². The lowest BCUT2D eigenvalue weighted by molar-refractivity contribution is 0.0803. The predicted molar refractivity (Wildman–Crippen MR) is 91.1 cm³/mol. The second-order valence-electron chi connectivity index (χ2n) is 5.42. The maximum atomic E-state index is 13.6. The zero-order valence-electron chi connectivity index (χ0n) is 13.5. The Balaban J connectivity index is 1.59. The molecule has 2 aromatic carbocycles. The van der Waals surface area contributed by atoms with Crippen molar-refractivity contribution in [1.82, 2.24) is 0 Å². The summed E-state index contributed by atoms with van der Waals surface area (Å²) < 4.78 is 37.8. The fraction of sp³-hybridized carbons (Fsp3) is 0.300. The molecule has 0 spiro atoms. The van der Waals surface area contributed by atoms with Crippen LogP contribution in [-0.4, -0.2) is 25.6 Å². The van der Waals surface area contributed by atoms with Crippen LogP contribution in [0.25, 0.3) is 0 Å². The summed E-state index contributed by atoms with van der Waals surface area (Å²) in [6, 6.07) is 19.0. The summed E-state index contributed by atoms with van der Waals surface area (Å²) in [7, 11) is 0. The van der Waals surface area contributed by atoms with E-state index in [9.17, 15) is 8.78 Å². The predicted octanol–water partition coefficient (Wildman–Crippen LogP) is 4.65. The van der Waals surface area contributed by atoms with E-state index in [0.29, 0.717) is 13.2 Å². The largest absolute Gasteiger partial charge is 0.373 e. The maximum absolute atomic E-state index is 13.6. The summed E-state index contributed by atoms with van der Waals surface area (Å²) in [5.41, 5.74) is 1.96. The molecule has 0 aliphatic heterocycles. The van der Waals surface area contributed by atoms with E-state index >= 15 is 0 Å². The molecule has 0 amide bonds. The summed E-state index contributed by atoms with van der Waals surface area (Å²) in [4.78, 5) is 0. The molecule has 2 nitrogen and oxygen atoms in total. The van der Waals surface area contributed by atoms with Gasteiger partial charge < -0.3 is 9.47 Å². The van der Waals surface area contributed by atoms with Crippen LogP contribution in [0.2, 0.25) is 0 Å². The Hall–Kier alpha value is -2.04. The fourth-order valence-corrected chi connectivity index (χ4v) is 2.08. The quantitative estimate of drug-likeness (QED) is 0.590. The number of ether oxygens (including phenoxy) is 2. The summed E-state index contributed by atoms with van der Waals surface area (Å²) in [5, 5.41) is 0. The van der Waals surface area contributed by atoms with Crippen LogP contribution in [0.3, 0.4) is 0 Å². The zero-order chi connectivity index (χ0) is 17.0. The minimum atomic E-state index is -1.33. The molecule has 0 N–H and O–H groups in total. The van der Waals surface area contributed by atoms with Gasteiger partial charge in [-0.3, -0.25) is 0 Å². The van der Waals surface area contributed by atoms with Crippen LogP contribution in [0.1, 0.15) is 11.1 Å².